The normalized spacial score (nSPS) is 28.9. The summed E-state index contributed by atoms with van der Waals surface area (Å²) in [7, 11) is 0. The first-order chi connectivity index (χ1) is 10.6. The maximum Gasteiger partial charge on any atom is 0.0679 e. The molecule has 0 amide bonds. The summed E-state index contributed by atoms with van der Waals surface area (Å²) in [4.78, 5) is 5.10. The van der Waals surface area contributed by atoms with E-state index in [4.69, 9.17) is 0 Å². The van der Waals surface area contributed by atoms with Crippen LogP contribution in [-0.2, 0) is 0 Å². The van der Waals surface area contributed by atoms with Crippen molar-refractivity contribution in [3.63, 3.8) is 0 Å². The van der Waals surface area contributed by atoms with Crippen LogP contribution in [0.4, 0.5) is 0 Å². The third-order valence-corrected chi connectivity index (χ3v) is 5.39. The average molecular weight is 302 g/mol. The van der Waals surface area contributed by atoms with Crippen LogP contribution in [0.5, 0.6) is 0 Å². The molecule has 122 valence electrons. The van der Waals surface area contributed by atoms with Gasteiger partial charge in [0.2, 0.25) is 0 Å². The van der Waals surface area contributed by atoms with Gasteiger partial charge in [0.25, 0.3) is 0 Å². The van der Waals surface area contributed by atoms with Crippen molar-refractivity contribution in [2.75, 3.05) is 32.7 Å². The average Bonchev–Trinajstić information content (AvgIpc) is 2.92. The van der Waals surface area contributed by atoms with E-state index in [1.807, 2.05) is 0 Å². The highest BCUT2D eigenvalue weighted by atomic mass is 16.3. The number of likely N-dealkylation sites (tertiary alicyclic amines) is 2. The van der Waals surface area contributed by atoms with Gasteiger partial charge in [0.05, 0.1) is 6.10 Å². The molecule has 2 fully saturated rings. The molecule has 2 aliphatic rings. The largest absolute Gasteiger partial charge is 0.392 e. The Morgan fingerprint density at radius 2 is 2.09 bits per heavy atom. The van der Waals surface area contributed by atoms with Gasteiger partial charge >= 0.3 is 0 Å². The molecule has 1 aromatic rings. The van der Waals surface area contributed by atoms with Gasteiger partial charge in [-0.25, -0.2) is 0 Å². The summed E-state index contributed by atoms with van der Waals surface area (Å²) >= 11 is 0. The monoisotopic (exact) mass is 302 g/mol. The molecular weight excluding hydrogens is 272 g/mol. The number of aryl methyl sites for hydroxylation is 1. The van der Waals surface area contributed by atoms with Crippen molar-refractivity contribution in [1.29, 1.82) is 0 Å². The molecule has 1 aromatic carbocycles. The summed E-state index contributed by atoms with van der Waals surface area (Å²) in [6.45, 7) is 10.0. The van der Waals surface area contributed by atoms with Crippen LogP contribution in [-0.4, -0.2) is 53.7 Å². The van der Waals surface area contributed by atoms with E-state index in [1.165, 1.54) is 37.1 Å². The van der Waals surface area contributed by atoms with Crippen LogP contribution in [0.15, 0.2) is 24.3 Å². The minimum absolute atomic E-state index is 0.0917. The highest BCUT2D eigenvalue weighted by Crippen LogP contribution is 2.28. The van der Waals surface area contributed by atoms with Crippen LogP contribution < -0.4 is 0 Å². The summed E-state index contributed by atoms with van der Waals surface area (Å²) < 4.78 is 0. The zero-order valence-corrected chi connectivity index (χ0v) is 14.0. The van der Waals surface area contributed by atoms with Crippen molar-refractivity contribution in [2.24, 2.45) is 5.92 Å². The highest BCUT2D eigenvalue weighted by molar-refractivity contribution is 5.24. The third kappa shape index (κ3) is 3.89. The second-order valence-electron chi connectivity index (χ2n) is 7.30. The number of aliphatic hydroxyl groups excluding tert-OH is 1. The predicted octanol–water partition coefficient (Wildman–Crippen LogP) is 2.83. The number of rotatable bonds is 4. The minimum Gasteiger partial charge on any atom is -0.392 e. The Labute approximate surface area is 134 Å². The lowest BCUT2D eigenvalue weighted by Crippen LogP contribution is -2.41. The first-order valence-corrected chi connectivity index (χ1v) is 8.83. The molecule has 2 heterocycles. The number of benzene rings is 1. The number of β-amino-alcohol motifs (C(OH)–C–C–N with tert-alkyl or cyclic N) is 1. The van der Waals surface area contributed by atoms with E-state index in [1.54, 1.807) is 0 Å². The smallest absolute Gasteiger partial charge is 0.0679 e. The van der Waals surface area contributed by atoms with Crippen LogP contribution in [0.3, 0.4) is 0 Å². The molecule has 3 nitrogen and oxygen atoms in total. The molecule has 0 saturated carbocycles. The molecule has 3 atom stereocenters. The highest BCUT2D eigenvalue weighted by Gasteiger charge is 2.28. The van der Waals surface area contributed by atoms with E-state index in [0.29, 0.717) is 6.04 Å². The van der Waals surface area contributed by atoms with Crippen LogP contribution in [0.25, 0.3) is 0 Å². The first-order valence-electron chi connectivity index (χ1n) is 8.83. The fourth-order valence-electron chi connectivity index (χ4n) is 4.08. The van der Waals surface area contributed by atoms with E-state index < -0.39 is 0 Å². The standard InChI is InChI=1S/C19H30N2O/c1-15-5-3-7-18(11-15)16(2)21-9-4-6-17(13-21)12-20-10-8-19(22)14-20/h3,5,7,11,16-17,19,22H,4,6,8-10,12-14H2,1-2H3. The van der Waals surface area contributed by atoms with Gasteiger partial charge in [0.1, 0.15) is 0 Å². The molecule has 0 aliphatic carbocycles. The molecule has 3 heteroatoms. The second-order valence-corrected chi connectivity index (χ2v) is 7.30. The zero-order valence-electron chi connectivity index (χ0n) is 14.0. The summed E-state index contributed by atoms with van der Waals surface area (Å²) in [5.74, 6) is 0.756. The Kier molecular flexibility index (Phi) is 5.17. The lowest BCUT2D eigenvalue weighted by atomic mass is 9.94. The van der Waals surface area contributed by atoms with Gasteiger partial charge in [0, 0.05) is 32.2 Å². The van der Waals surface area contributed by atoms with Gasteiger partial charge in [-0.1, -0.05) is 29.8 Å². The summed E-state index contributed by atoms with van der Waals surface area (Å²) in [5.41, 5.74) is 2.79. The quantitative estimate of drug-likeness (QED) is 0.926. The number of hydrogen-bond donors (Lipinski definition) is 1. The molecule has 3 rings (SSSR count). The van der Waals surface area contributed by atoms with Crippen molar-refractivity contribution >= 4 is 0 Å². The van der Waals surface area contributed by atoms with Crippen molar-refractivity contribution in [1.82, 2.24) is 9.80 Å². The third-order valence-electron chi connectivity index (χ3n) is 5.39. The van der Waals surface area contributed by atoms with Gasteiger partial charge in [-0.2, -0.15) is 0 Å². The molecule has 1 N–H and O–H groups in total. The van der Waals surface area contributed by atoms with E-state index in [0.717, 1.165) is 32.0 Å². The fraction of sp³-hybridized carbons (Fsp3) is 0.684. The van der Waals surface area contributed by atoms with Gasteiger partial charge in [-0.15, -0.1) is 0 Å². The van der Waals surface area contributed by atoms with Crippen LogP contribution in [0.1, 0.15) is 43.4 Å². The molecule has 0 aromatic heterocycles. The number of hydrogen-bond acceptors (Lipinski definition) is 3. The molecule has 2 aliphatic heterocycles. The predicted molar refractivity (Wildman–Crippen MR) is 91.0 cm³/mol. The first kappa shape index (κ1) is 16.0. The van der Waals surface area contributed by atoms with Crippen molar-refractivity contribution in [3.8, 4) is 0 Å². The lowest BCUT2D eigenvalue weighted by molar-refractivity contribution is 0.104. The topological polar surface area (TPSA) is 26.7 Å². The summed E-state index contributed by atoms with van der Waals surface area (Å²) in [6, 6.07) is 9.44. The van der Waals surface area contributed by atoms with E-state index in [-0.39, 0.29) is 6.10 Å². The second kappa shape index (κ2) is 7.12. The van der Waals surface area contributed by atoms with Crippen LogP contribution in [0, 0.1) is 12.8 Å². The Morgan fingerprint density at radius 1 is 1.23 bits per heavy atom. The van der Waals surface area contributed by atoms with E-state index in [2.05, 4.69) is 47.9 Å². The molecule has 0 bridgehead atoms. The summed E-state index contributed by atoms with van der Waals surface area (Å²) in [6.07, 6.45) is 3.50. The SMILES string of the molecule is Cc1cccc(C(C)N2CCCC(CN3CCC(O)C3)C2)c1. The molecule has 0 radical (unpaired) electrons. The van der Waals surface area contributed by atoms with Gasteiger partial charge in [-0.3, -0.25) is 4.90 Å². The molecule has 2 saturated heterocycles. The van der Waals surface area contributed by atoms with Crippen LogP contribution >= 0.6 is 0 Å². The number of aliphatic hydroxyl groups is 1. The van der Waals surface area contributed by atoms with Crippen molar-refractivity contribution in [2.45, 2.75) is 45.3 Å². The van der Waals surface area contributed by atoms with Crippen molar-refractivity contribution < 1.29 is 5.11 Å². The van der Waals surface area contributed by atoms with E-state index >= 15 is 0 Å². The molecule has 3 unspecified atom stereocenters. The number of nitrogens with zero attached hydrogens (tertiary/aromatic N) is 2. The van der Waals surface area contributed by atoms with Crippen LogP contribution in [0.2, 0.25) is 0 Å². The molecular formula is C19H30N2O. The zero-order chi connectivity index (χ0) is 15.5. The molecule has 22 heavy (non-hydrogen) atoms. The Morgan fingerprint density at radius 3 is 2.82 bits per heavy atom. The maximum absolute atomic E-state index is 9.69. The maximum atomic E-state index is 9.69. The van der Waals surface area contributed by atoms with E-state index in [9.17, 15) is 5.11 Å². The Hall–Kier alpha value is -0.900. The Bertz CT molecular complexity index is 490. The lowest BCUT2D eigenvalue weighted by Gasteiger charge is -2.38. The van der Waals surface area contributed by atoms with Gasteiger partial charge in [0.15, 0.2) is 0 Å². The van der Waals surface area contributed by atoms with Crippen molar-refractivity contribution in [3.05, 3.63) is 35.4 Å². The summed E-state index contributed by atoms with van der Waals surface area (Å²) in [5, 5.41) is 9.69. The van der Waals surface area contributed by atoms with Gasteiger partial charge < -0.3 is 10.0 Å². The number of piperidine rings is 1. The minimum atomic E-state index is -0.0917. The fourth-order valence-corrected chi connectivity index (χ4v) is 4.08. The van der Waals surface area contributed by atoms with Gasteiger partial charge in [-0.05, 0) is 51.1 Å². The molecule has 0 spiro atoms. The Balaban J connectivity index is 1.58.